The average Bonchev–Trinajstić information content (AvgIpc) is 2.61. The second-order valence-electron chi connectivity index (χ2n) is 6.75. The maximum atomic E-state index is 10.9. The number of esters is 1. The molecule has 5 heteroatoms. The summed E-state index contributed by atoms with van der Waals surface area (Å²) in [5.41, 5.74) is 1.27. The van der Waals surface area contributed by atoms with E-state index in [4.69, 9.17) is 4.74 Å². The number of nitrogens with zero attached hydrogens (tertiary/aromatic N) is 1. The first-order valence-corrected chi connectivity index (χ1v) is 7.77. The molecule has 2 aliphatic rings. The Labute approximate surface area is 138 Å². The van der Waals surface area contributed by atoms with Crippen LogP contribution in [0, 0.1) is 0 Å². The van der Waals surface area contributed by atoms with Gasteiger partial charge in [0.15, 0.2) is 0 Å². The van der Waals surface area contributed by atoms with E-state index >= 15 is 0 Å². The van der Waals surface area contributed by atoms with Crippen molar-refractivity contribution in [2.45, 2.75) is 57.3 Å². The van der Waals surface area contributed by atoms with E-state index in [2.05, 4.69) is 7.05 Å². The Balaban J connectivity index is 0.00000176. The number of rotatable bonds is 3. The predicted octanol–water partition coefficient (Wildman–Crippen LogP) is -0.752. The molecule has 0 spiro atoms. The first kappa shape index (κ1) is 17.3. The minimum Gasteiger partial charge on any atom is -1.00 e. The molecule has 3 rings (SSSR count). The molecule has 1 aromatic carbocycles. The van der Waals surface area contributed by atoms with Gasteiger partial charge in [-0.3, -0.25) is 4.79 Å². The summed E-state index contributed by atoms with van der Waals surface area (Å²) in [6, 6.07) is 8.98. The van der Waals surface area contributed by atoms with Crippen molar-refractivity contribution in [1.29, 1.82) is 0 Å². The molecule has 4 nitrogen and oxygen atoms in total. The predicted molar refractivity (Wildman–Crippen MR) is 79.7 cm³/mol. The standard InChI is InChI=1S/C17H24NO3.ClH/c1-12(19)21-17-7-3-13(4-8-17)11-18(2)14-5-6-15(18)10-16(20)9-14;/h3-4,7-8,14-16,20H,5-6,9-11H2,1-2H3;1H/q+1;/p-1. The van der Waals surface area contributed by atoms with E-state index < -0.39 is 0 Å². The van der Waals surface area contributed by atoms with Crippen LogP contribution in [0.5, 0.6) is 5.75 Å². The molecule has 2 aliphatic heterocycles. The topological polar surface area (TPSA) is 46.5 Å². The number of aliphatic hydroxyl groups is 1. The van der Waals surface area contributed by atoms with Crippen molar-refractivity contribution >= 4 is 5.97 Å². The van der Waals surface area contributed by atoms with Crippen LogP contribution in [-0.2, 0) is 11.3 Å². The van der Waals surface area contributed by atoms with Gasteiger partial charge in [-0.15, -0.1) is 0 Å². The highest BCUT2D eigenvalue weighted by molar-refractivity contribution is 5.69. The lowest BCUT2D eigenvalue weighted by atomic mass is 9.96. The number of carbonyl (C=O) groups is 1. The number of carbonyl (C=O) groups excluding carboxylic acids is 1. The van der Waals surface area contributed by atoms with Gasteiger partial charge < -0.3 is 26.7 Å². The third-order valence-corrected chi connectivity index (χ3v) is 5.30. The summed E-state index contributed by atoms with van der Waals surface area (Å²) in [6.07, 6.45) is 4.20. The lowest BCUT2D eigenvalue weighted by Gasteiger charge is -2.46. The first-order chi connectivity index (χ1) is 9.97. The highest BCUT2D eigenvalue weighted by Gasteiger charge is 2.50. The van der Waals surface area contributed by atoms with Crippen LogP contribution in [0.25, 0.3) is 0 Å². The summed E-state index contributed by atoms with van der Waals surface area (Å²) in [4.78, 5) is 10.9. The van der Waals surface area contributed by atoms with Gasteiger partial charge in [0.05, 0.1) is 25.2 Å². The molecule has 0 saturated carbocycles. The molecular formula is C17H24ClNO3. The highest BCUT2D eigenvalue weighted by Crippen LogP contribution is 2.42. The molecule has 122 valence electrons. The van der Waals surface area contributed by atoms with E-state index in [1.54, 1.807) is 0 Å². The SMILES string of the molecule is CC(=O)Oc1ccc(C[N+]2(C)C3CCC2CC(O)C3)cc1.[Cl-]. The van der Waals surface area contributed by atoms with Crippen LogP contribution in [0.2, 0.25) is 0 Å². The molecule has 1 aromatic rings. The van der Waals surface area contributed by atoms with Gasteiger partial charge in [0.1, 0.15) is 12.3 Å². The average molecular weight is 326 g/mol. The Morgan fingerprint density at radius 1 is 1.23 bits per heavy atom. The fraction of sp³-hybridized carbons (Fsp3) is 0.588. The minimum absolute atomic E-state index is 0. The van der Waals surface area contributed by atoms with E-state index in [9.17, 15) is 9.90 Å². The molecule has 2 saturated heterocycles. The molecule has 2 unspecified atom stereocenters. The number of ether oxygens (including phenoxy) is 1. The number of quaternary nitrogens is 1. The van der Waals surface area contributed by atoms with Gasteiger partial charge in [-0.05, 0) is 24.3 Å². The second-order valence-corrected chi connectivity index (χ2v) is 6.75. The molecule has 2 atom stereocenters. The third-order valence-electron chi connectivity index (χ3n) is 5.30. The van der Waals surface area contributed by atoms with Crippen molar-refractivity contribution in [3.63, 3.8) is 0 Å². The summed E-state index contributed by atoms with van der Waals surface area (Å²) >= 11 is 0. The van der Waals surface area contributed by atoms with Gasteiger partial charge in [0.25, 0.3) is 0 Å². The Kier molecular flexibility index (Phi) is 5.15. The maximum absolute atomic E-state index is 10.9. The summed E-state index contributed by atoms with van der Waals surface area (Å²) in [6.45, 7) is 2.40. The zero-order valence-electron chi connectivity index (χ0n) is 13.2. The van der Waals surface area contributed by atoms with Crippen molar-refractivity contribution in [3.05, 3.63) is 29.8 Å². The fourth-order valence-corrected chi connectivity index (χ4v) is 4.19. The van der Waals surface area contributed by atoms with Crippen LogP contribution in [0.15, 0.2) is 24.3 Å². The molecule has 0 aromatic heterocycles. The zero-order chi connectivity index (χ0) is 15.0. The Bertz CT molecular complexity index is 517. The molecule has 0 amide bonds. The molecule has 0 aliphatic carbocycles. The van der Waals surface area contributed by atoms with Crippen LogP contribution >= 0.6 is 0 Å². The van der Waals surface area contributed by atoms with Gasteiger partial charge in [0, 0.05) is 38.2 Å². The van der Waals surface area contributed by atoms with Gasteiger partial charge >= 0.3 is 5.97 Å². The smallest absolute Gasteiger partial charge is 0.308 e. The molecule has 0 radical (unpaired) electrons. The molecular weight excluding hydrogens is 302 g/mol. The Morgan fingerprint density at radius 2 is 1.77 bits per heavy atom. The number of fused-ring (bicyclic) bond motifs is 2. The van der Waals surface area contributed by atoms with Crippen LogP contribution in [0.4, 0.5) is 0 Å². The maximum Gasteiger partial charge on any atom is 0.308 e. The Hall–Kier alpha value is -1.10. The summed E-state index contributed by atoms with van der Waals surface area (Å²) in [5.74, 6) is 0.316. The van der Waals surface area contributed by atoms with Crippen molar-refractivity contribution in [3.8, 4) is 5.75 Å². The van der Waals surface area contributed by atoms with E-state index in [1.165, 1.54) is 25.3 Å². The molecule has 2 fully saturated rings. The highest BCUT2D eigenvalue weighted by atomic mass is 35.5. The largest absolute Gasteiger partial charge is 1.00 e. The van der Waals surface area contributed by atoms with Crippen molar-refractivity contribution in [1.82, 2.24) is 0 Å². The number of piperidine rings is 1. The summed E-state index contributed by atoms with van der Waals surface area (Å²) < 4.78 is 6.12. The van der Waals surface area contributed by atoms with Crippen molar-refractivity contribution in [2.24, 2.45) is 0 Å². The van der Waals surface area contributed by atoms with E-state index in [0.717, 1.165) is 23.9 Å². The van der Waals surface area contributed by atoms with Gasteiger partial charge in [-0.1, -0.05) is 0 Å². The number of aliphatic hydroxyl groups excluding tert-OH is 1. The molecule has 1 N–H and O–H groups in total. The van der Waals surface area contributed by atoms with Crippen molar-refractivity contribution < 1.29 is 31.5 Å². The van der Waals surface area contributed by atoms with E-state index in [-0.39, 0.29) is 24.5 Å². The third kappa shape index (κ3) is 3.29. The first-order valence-electron chi connectivity index (χ1n) is 7.77. The minimum atomic E-state index is -0.287. The fourth-order valence-electron chi connectivity index (χ4n) is 4.19. The van der Waals surface area contributed by atoms with Crippen LogP contribution in [0.3, 0.4) is 0 Å². The number of benzene rings is 1. The van der Waals surface area contributed by atoms with Crippen LogP contribution in [-0.4, -0.2) is 40.8 Å². The number of hydrogen-bond donors (Lipinski definition) is 1. The Morgan fingerprint density at radius 3 is 2.27 bits per heavy atom. The zero-order valence-corrected chi connectivity index (χ0v) is 13.9. The summed E-state index contributed by atoms with van der Waals surface area (Å²) in [7, 11) is 2.33. The summed E-state index contributed by atoms with van der Waals surface area (Å²) in [5, 5.41) is 9.95. The second kappa shape index (κ2) is 6.57. The molecule has 2 bridgehead atoms. The number of halogens is 1. The van der Waals surface area contributed by atoms with Crippen molar-refractivity contribution in [2.75, 3.05) is 7.05 Å². The normalized spacial score (nSPS) is 33.1. The monoisotopic (exact) mass is 325 g/mol. The molecule has 2 heterocycles. The lowest BCUT2D eigenvalue weighted by molar-refractivity contribution is -0.961. The van der Waals surface area contributed by atoms with Gasteiger partial charge in [-0.25, -0.2) is 0 Å². The van der Waals surface area contributed by atoms with Gasteiger partial charge in [0.2, 0.25) is 0 Å². The molecule has 22 heavy (non-hydrogen) atoms. The quantitative estimate of drug-likeness (QED) is 0.452. The van der Waals surface area contributed by atoms with E-state index in [1.807, 2.05) is 24.3 Å². The number of hydrogen-bond acceptors (Lipinski definition) is 3. The van der Waals surface area contributed by atoms with E-state index in [0.29, 0.717) is 17.8 Å². The van der Waals surface area contributed by atoms with Crippen LogP contribution < -0.4 is 17.1 Å². The van der Waals surface area contributed by atoms with Crippen LogP contribution in [0.1, 0.15) is 38.2 Å². The van der Waals surface area contributed by atoms with Gasteiger partial charge in [-0.2, -0.15) is 0 Å². The lowest BCUT2D eigenvalue weighted by Crippen LogP contribution is -3.00.